The van der Waals surface area contributed by atoms with E-state index in [9.17, 15) is 4.79 Å². The first-order valence-electron chi connectivity index (χ1n) is 9.62. The first-order chi connectivity index (χ1) is 14.0. The zero-order chi connectivity index (χ0) is 20.5. The van der Waals surface area contributed by atoms with Crippen molar-refractivity contribution in [1.29, 1.82) is 0 Å². The van der Waals surface area contributed by atoms with Crippen LogP contribution in [0.5, 0.6) is 0 Å². The summed E-state index contributed by atoms with van der Waals surface area (Å²) >= 11 is 7.54. The van der Waals surface area contributed by atoms with E-state index in [1.165, 1.54) is 17.3 Å². The summed E-state index contributed by atoms with van der Waals surface area (Å²) in [6.07, 6.45) is 5.13. The number of hydrogen-bond acceptors (Lipinski definition) is 3. The van der Waals surface area contributed by atoms with E-state index in [2.05, 4.69) is 47.1 Å². The van der Waals surface area contributed by atoms with Gasteiger partial charge in [0, 0.05) is 33.7 Å². The van der Waals surface area contributed by atoms with E-state index in [0.717, 1.165) is 28.6 Å². The van der Waals surface area contributed by atoms with Gasteiger partial charge in [-0.15, -0.1) is 0 Å². The molecule has 2 aromatic carbocycles. The molecule has 0 spiro atoms. The Morgan fingerprint density at radius 2 is 2.03 bits per heavy atom. The molecular formula is C23H22ClN3OS. The summed E-state index contributed by atoms with van der Waals surface area (Å²) in [5, 5.41) is 5.24. The van der Waals surface area contributed by atoms with Gasteiger partial charge in [0.25, 0.3) is 5.91 Å². The Bertz CT molecular complexity index is 1160. The molecule has 1 aromatic heterocycles. The predicted molar refractivity (Wildman–Crippen MR) is 124 cm³/mol. The van der Waals surface area contributed by atoms with Crippen LogP contribution in [0.4, 0.5) is 5.69 Å². The topological polar surface area (TPSA) is 46.4 Å². The molecule has 0 radical (unpaired) electrons. The Morgan fingerprint density at radius 3 is 2.83 bits per heavy atom. The summed E-state index contributed by atoms with van der Waals surface area (Å²) in [7, 11) is 0. The van der Waals surface area contributed by atoms with Crippen LogP contribution in [0.15, 0.2) is 58.6 Å². The van der Waals surface area contributed by atoms with Crippen molar-refractivity contribution in [2.75, 3.05) is 0 Å². The number of nitrogens with one attached hydrogen (secondary N) is 1. The molecule has 0 bridgehead atoms. The van der Waals surface area contributed by atoms with Crippen LogP contribution in [-0.4, -0.2) is 15.6 Å². The quantitative estimate of drug-likeness (QED) is 0.489. The van der Waals surface area contributed by atoms with Gasteiger partial charge in [0.05, 0.1) is 10.6 Å². The monoisotopic (exact) mass is 423 g/mol. The Morgan fingerprint density at radius 1 is 1.24 bits per heavy atom. The molecule has 0 saturated carbocycles. The maximum atomic E-state index is 12.6. The van der Waals surface area contributed by atoms with Crippen molar-refractivity contribution in [3.8, 4) is 0 Å². The van der Waals surface area contributed by atoms with Gasteiger partial charge in [-0.25, -0.2) is 4.99 Å². The van der Waals surface area contributed by atoms with Gasteiger partial charge in [0.1, 0.15) is 0 Å². The number of benzene rings is 2. The molecule has 0 aliphatic carbocycles. The zero-order valence-corrected chi connectivity index (χ0v) is 18.1. The number of para-hydroxylation sites is 1. The second-order valence-corrected chi connectivity index (χ2v) is 8.57. The van der Waals surface area contributed by atoms with E-state index in [1.807, 2.05) is 43.3 Å². The number of aromatic nitrogens is 1. The lowest BCUT2D eigenvalue weighted by Gasteiger charge is -2.12. The molecule has 6 heteroatoms. The minimum absolute atomic E-state index is 0.131. The van der Waals surface area contributed by atoms with Crippen LogP contribution in [0.2, 0.25) is 5.02 Å². The van der Waals surface area contributed by atoms with Crippen LogP contribution in [0, 0.1) is 6.92 Å². The molecule has 4 rings (SSSR count). The lowest BCUT2D eigenvalue weighted by molar-refractivity contribution is -0.115. The average Bonchev–Trinajstić information content (AvgIpc) is 3.26. The molecule has 1 aliphatic rings. The second-order valence-electron chi connectivity index (χ2n) is 7.13. The summed E-state index contributed by atoms with van der Waals surface area (Å²) in [6.45, 7) is 6.31. The van der Waals surface area contributed by atoms with Crippen molar-refractivity contribution in [3.05, 3.63) is 69.7 Å². The minimum atomic E-state index is -0.131. The number of thioether (sulfide) groups is 1. The molecule has 1 fully saturated rings. The number of aliphatic imine (C=N–C) groups is 1. The third-order valence-electron chi connectivity index (χ3n) is 5.24. The highest BCUT2D eigenvalue weighted by molar-refractivity contribution is 8.18. The zero-order valence-electron chi connectivity index (χ0n) is 16.6. The highest BCUT2D eigenvalue weighted by atomic mass is 35.5. The van der Waals surface area contributed by atoms with Gasteiger partial charge in [0.15, 0.2) is 5.17 Å². The van der Waals surface area contributed by atoms with Crippen LogP contribution in [0.25, 0.3) is 17.0 Å². The van der Waals surface area contributed by atoms with Crippen molar-refractivity contribution in [2.24, 2.45) is 4.99 Å². The fourth-order valence-corrected chi connectivity index (χ4v) is 4.35. The number of fused-ring (bicyclic) bond motifs is 1. The second kappa shape index (κ2) is 8.09. The third-order valence-corrected chi connectivity index (χ3v) is 6.55. The van der Waals surface area contributed by atoms with E-state index in [0.29, 0.717) is 21.1 Å². The van der Waals surface area contributed by atoms with E-state index in [4.69, 9.17) is 11.6 Å². The number of amidine groups is 1. The molecule has 3 aromatic rings. The van der Waals surface area contributed by atoms with Crippen molar-refractivity contribution < 1.29 is 4.79 Å². The number of carbonyl (C=O) groups excluding carboxylic acids is 1. The summed E-state index contributed by atoms with van der Waals surface area (Å²) in [5.74, 6) is -0.131. The summed E-state index contributed by atoms with van der Waals surface area (Å²) < 4.78 is 2.28. The summed E-state index contributed by atoms with van der Waals surface area (Å²) in [4.78, 5) is 17.8. The lowest BCUT2D eigenvalue weighted by Crippen LogP contribution is -2.19. The van der Waals surface area contributed by atoms with Crippen molar-refractivity contribution in [1.82, 2.24) is 9.88 Å². The van der Waals surface area contributed by atoms with Crippen LogP contribution in [0.1, 0.15) is 37.4 Å². The number of amides is 1. The van der Waals surface area contributed by atoms with Crippen LogP contribution in [0.3, 0.4) is 0 Å². The number of hydrogen-bond donors (Lipinski definition) is 1. The highest BCUT2D eigenvalue weighted by Crippen LogP contribution is 2.33. The maximum absolute atomic E-state index is 12.6. The Balaban J connectivity index is 1.70. The van der Waals surface area contributed by atoms with Gasteiger partial charge in [-0.1, -0.05) is 42.8 Å². The van der Waals surface area contributed by atoms with Gasteiger partial charge < -0.3 is 9.88 Å². The smallest absolute Gasteiger partial charge is 0.264 e. The molecule has 1 saturated heterocycles. The number of halogens is 1. The maximum Gasteiger partial charge on any atom is 0.264 e. The molecule has 0 unspecified atom stereocenters. The SMILES string of the molecule is CC[C@@H](C)n1cc(/C=C2/SC(=Nc3cccc(Cl)c3C)NC2=O)c2ccccc21. The van der Waals surface area contributed by atoms with Crippen LogP contribution in [-0.2, 0) is 4.79 Å². The predicted octanol–water partition coefficient (Wildman–Crippen LogP) is 6.47. The molecular weight excluding hydrogens is 402 g/mol. The van der Waals surface area contributed by atoms with E-state index >= 15 is 0 Å². The first-order valence-corrected chi connectivity index (χ1v) is 10.8. The highest BCUT2D eigenvalue weighted by Gasteiger charge is 2.25. The fraction of sp³-hybridized carbons (Fsp3) is 0.217. The molecule has 148 valence electrons. The Hall–Kier alpha value is -2.50. The van der Waals surface area contributed by atoms with Crippen LogP contribution >= 0.6 is 23.4 Å². The van der Waals surface area contributed by atoms with Gasteiger partial charge in [-0.05, 0) is 61.9 Å². The normalized spacial score (nSPS) is 18.0. The van der Waals surface area contributed by atoms with Crippen molar-refractivity contribution in [3.63, 3.8) is 0 Å². The average molecular weight is 424 g/mol. The first kappa shape index (κ1) is 19.8. The van der Waals surface area contributed by atoms with Crippen molar-refractivity contribution >= 4 is 57.1 Å². The molecule has 1 amide bonds. The fourth-order valence-electron chi connectivity index (χ4n) is 3.36. The molecule has 4 nitrogen and oxygen atoms in total. The van der Waals surface area contributed by atoms with E-state index < -0.39 is 0 Å². The van der Waals surface area contributed by atoms with Gasteiger partial charge >= 0.3 is 0 Å². The Kier molecular flexibility index (Phi) is 5.52. The molecule has 1 atom stereocenters. The van der Waals surface area contributed by atoms with E-state index in [-0.39, 0.29) is 5.91 Å². The number of nitrogens with zero attached hydrogens (tertiary/aromatic N) is 2. The third kappa shape index (κ3) is 3.85. The Labute approximate surface area is 179 Å². The number of carbonyl (C=O) groups is 1. The van der Waals surface area contributed by atoms with Gasteiger partial charge in [-0.2, -0.15) is 0 Å². The molecule has 1 aliphatic heterocycles. The summed E-state index contributed by atoms with van der Waals surface area (Å²) in [5.41, 5.74) is 3.87. The van der Waals surface area contributed by atoms with E-state index in [1.54, 1.807) is 0 Å². The molecule has 29 heavy (non-hydrogen) atoms. The summed E-state index contributed by atoms with van der Waals surface area (Å²) in [6, 6.07) is 14.3. The largest absolute Gasteiger partial charge is 0.344 e. The lowest BCUT2D eigenvalue weighted by atomic mass is 10.1. The number of rotatable bonds is 4. The molecule has 2 heterocycles. The van der Waals surface area contributed by atoms with Gasteiger partial charge in [0.2, 0.25) is 0 Å². The van der Waals surface area contributed by atoms with Crippen molar-refractivity contribution in [2.45, 2.75) is 33.2 Å². The van der Waals surface area contributed by atoms with Gasteiger partial charge in [-0.3, -0.25) is 4.79 Å². The standard InChI is InChI=1S/C23H22ClN3OS/c1-4-14(2)27-13-16(17-8-5-6-11-20(17)27)12-21-22(28)26-23(29-21)25-19-10-7-9-18(24)15(19)3/h5-14H,4H2,1-3H3,(H,25,26,28)/b21-12+/t14-/m1/s1. The minimum Gasteiger partial charge on any atom is -0.344 e. The molecule has 1 N–H and O–H groups in total. The van der Waals surface area contributed by atoms with Crippen LogP contribution < -0.4 is 5.32 Å².